The van der Waals surface area contributed by atoms with Gasteiger partial charge in [0.1, 0.15) is 6.54 Å². The van der Waals surface area contributed by atoms with Gasteiger partial charge in [0.15, 0.2) is 0 Å². The van der Waals surface area contributed by atoms with Crippen molar-refractivity contribution < 1.29 is 9.59 Å². The van der Waals surface area contributed by atoms with E-state index in [1.807, 2.05) is 25.1 Å². The third kappa shape index (κ3) is 4.11. The summed E-state index contributed by atoms with van der Waals surface area (Å²) < 4.78 is 3.55. The first-order valence-corrected chi connectivity index (χ1v) is 11.6. The van der Waals surface area contributed by atoms with Crippen molar-refractivity contribution in [1.29, 1.82) is 0 Å². The van der Waals surface area contributed by atoms with Gasteiger partial charge in [-0.1, -0.05) is 31.0 Å². The second kappa shape index (κ2) is 8.86. The van der Waals surface area contributed by atoms with Crippen molar-refractivity contribution in [3.63, 3.8) is 0 Å². The largest absolute Gasteiger partial charge is 0.352 e. The van der Waals surface area contributed by atoms with Crippen LogP contribution < -0.4 is 21.9 Å². The Morgan fingerprint density at radius 1 is 1.09 bits per heavy atom. The highest BCUT2D eigenvalue weighted by atomic mass is 16.2. The smallest absolute Gasteiger partial charge is 0.349 e. The zero-order valence-electron chi connectivity index (χ0n) is 19.6. The summed E-state index contributed by atoms with van der Waals surface area (Å²) in [6.07, 6.45) is 4.07. The highest BCUT2D eigenvalue weighted by Crippen LogP contribution is 2.19. The number of hydrogen-bond donors (Lipinski definition) is 2. The molecule has 10 nitrogen and oxygen atoms in total. The van der Waals surface area contributed by atoms with Crippen LogP contribution in [0.15, 0.2) is 52.1 Å². The molecular weight excluding hydrogens is 448 g/mol. The molecule has 1 fully saturated rings. The second-order valence-electron chi connectivity index (χ2n) is 8.99. The molecule has 2 aromatic carbocycles. The molecule has 2 heterocycles. The maximum absolute atomic E-state index is 13.3. The average Bonchev–Trinajstić information content (AvgIpc) is 3.46. The van der Waals surface area contributed by atoms with Crippen molar-refractivity contribution in [3.8, 4) is 0 Å². The van der Waals surface area contributed by atoms with E-state index in [1.54, 1.807) is 18.2 Å². The lowest BCUT2D eigenvalue weighted by Crippen LogP contribution is -2.32. The topological polar surface area (TPSA) is 120 Å². The summed E-state index contributed by atoms with van der Waals surface area (Å²) >= 11 is 0. The van der Waals surface area contributed by atoms with Gasteiger partial charge in [0.25, 0.3) is 11.5 Å². The highest BCUT2D eigenvalue weighted by molar-refractivity contribution is 5.98. The summed E-state index contributed by atoms with van der Waals surface area (Å²) in [7, 11) is 1.52. The number of carbonyl (C=O) groups is 2. The van der Waals surface area contributed by atoms with Gasteiger partial charge in [-0.15, -0.1) is 5.10 Å². The van der Waals surface area contributed by atoms with Crippen LogP contribution in [0.5, 0.6) is 0 Å². The molecule has 0 aliphatic heterocycles. The van der Waals surface area contributed by atoms with Gasteiger partial charge in [-0.25, -0.2) is 13.9 Å². The van der Waals surface area contributed by atoms with Gasteiger partial charge in [-0.3, -0.25) is 19.0 Å². The Hall–Kier alpha value is -4.21. The van der Waals surface area contributed by atoms with E-state index in [1.165, 1.54) is 22.1 Å². The van der Waals surface area contributed by atoms with Crippen LogP contribution in [0, 0.1) is 6.92 Å². The lowest BCUT2D eigenvalue weighted by Gasteiger charge is -2.12. The maximum atomic E-state index is 13.3. The molecule has 35 heavy (non-hydrogen) atoms. The van der Waals surface area contributed by atoms with Crippen molar-refractivity contribution >= 4 is 34.2 Å². The Balaban J connectivity index is 1.54. The molecule has 4 aromatic rings. The van der Waals surface area contributed by atoms with Crippen molar-refractivity contribution in [2.45, 2.75) is 45.2 Å². The van der Waals surface area contributed by atoms with E-state index in [0.717, 1.165) is 35.9 Å². The Kier molecular flexibility index (Phi) is 5.72. The number of aromatic nitrogens is 4. The molecule has 10 heteroatoms. The Labute approximate surface area is 200 Å². The molecule has 0 unspecified atom stereocenters. The van der Waals surface area contributed by atoms with Gasteiger partial charge in [0, 0.05) is 24.3 Å². The second-order valence-corrected chi connectivity index (χ2v) is 8.99. The van der Waals surface area contributed by atoms with Crippen molar-refractivity contribution in [2.75, 3.05) is 5.32 Å². The number of rotatable bonds is 5. The molecule has 1 aliphatic rings. The van der Waals surface area contributed by atoms with E-state index >= 15 is 0 Å². The lowest BCUT2D eigenvalue weighted by atomic mass is 10.1. The molecule has 0 atom stereocenters. The predicted octanol–water partition coefficient (Wildman–Crippen LogP) is 1.97. The van der Waals surface area contributed by atoms with Crippen LogP contribution in [0.4, 0.5) is 5.69 Å². The van der Waals surface area contributed by atoms with Crippen LogP contribution in [0.2, 0.25) is 0 Å². The van der Waals surface area contributed by atoms with E-state index in [0.29, 0.717) is 11.3 Å². The third-order valence-electron chi connectivity index (χ3n) is 6.56. The SMILES string of the molecule is Cc1ccccc1NC(=O)Cn1nc2n(C)c(=O)c3ccc(C(=O)NC4CCCC4)cc3n2c1=O. The Morgan fingerprint density at radius 3 is 2.57 bits per heavy atom. The van der Waals surface area contributed by atoms with E-state index in [9.17, 15) is 19.2 Å². The van der Waals surface area contributed by atoms with Crippen molar-refractivity contribution in [2.24, 2.45) is 7.05 Å². The number of carbonyl (C=O) groups excluding carboxylic acids is 2. The quantitative estimate of drug-likeness (QED) is 0.458. The van der Waals surface area contributed by atoms with Crippen molar-refractivity contribution in [1.82, 2.24) is 24.1 Å². The van der Waals surface area contributed by atoms with Crippen LogP contribution in [0.1, 0.15) is 41.6 Å². The molecule has 1 saturated carbocycles. The van der Waals surface area contributed by atoms with E-state index in [4.69, 9.17) is 0 Å². The average molecular weight is 475 g/mol. The monoisotopic (exact) mass is 474 g/mol. The first kappa shape index (κ1) is 22.6. The fraction of sp³-hybridized carbons (Fsp3) is 0.320. The Bertz CT molecular complexity index is 1590. The molecule has 0 bridgehead atoms. The van der Waals surface area contributed by atoms with Gasteiger partial charge in [-0.2, -0.15) is 0 Å². The summed E-state index contributed by atoms with van der Waals surface area (Å²) in [5.74, 6) is -0.578. The van der Waals surface area contributed by atoms with Gasteiger partial charge in [0.05, 0.1) is 10.9 Å². The first-order valence-electron chi connectivity index (χ1n) is 11.6. The Morgan fingerprint density at radius 2 is 1.83 bits per heavy atom. The number of nitrogens with zero attached hydrogens (tertiary/aromatic N) is 4. The molecule has 1 aliphatic carbocycles. The minimum Gasteiger partial charge on any atom is -0.349 e. The number of amides is 2. The highest BCUT2D eigenvalue weighted by Gasteiger charge is 2.21. The third-order valence-corrected chi connectivity index (χ3v) is 6.56. The number of benzene rings is 2. The van der Waals surface area contributed by atoms with E-state index < -0.39 is 11.6 Å². The minimum atomic E-state index is -0.575. The molecule has 180 valence electrons. The first-order chi connectivity index (χ1) is 16.8. The fourth-order valence-corrected chi connectivity index (χ4v) is 4.62. The van der Waals surface area contributed by atoms with Gasteiger partial charge >= 0.3 is 5.69 Å². The number of aryl methyl sites for hydroxylation is 2. The van der Waals surface area contributed by atoms with Crippen LogP contribution in [-0.4, -0.2) is 36.6 Å². The molecule has 2 aromatic heterocycles. The summed E-state index contributed by atoms with van der Waals surface area (Å²) in [4.78, 5) is 51.7. The summed E-state index contributed by atoms with van der Waals surface area (Å²) in [6.45, 7) is 1.54. The van der Waals surface area contributed by atoms with Crippen LogP contribution in [0.25, 0.3) is 16.7 Å². The van der Waals surface area contributed by atoms with Crippen LogP contribution in [-0.2, 0) is 18.4 Å². The van der Waals surface area contributed by atoms with E-state index in [2.05, 4.69) is 15.7 Å². The van der Waals surface area contributed by atoms with Gasteiger partial charge in [-0.05, 0) is 49.6 Å². The lowest BCUT2D eigenvalue weighted by molar-refractivity contribution is -0.117. The standard InChI is InChI=1S/C25H26N6O4/c1-15-7-3-6-10-19(15)27-21(32)14-30-25(35)31-20-13-16(22(33)26-17-8-4-5-9-17)11-12-18(20)23(34)29(2)24(31)28-30/h3,6-7,10-13,17H,4-5,8-9,14H2,1-2H3,(H,26,33)(H,27,32). The molecular formula is C25H26N6O4. The molecule has 0 spiro atoms. The molecule has 0 radical (unpaired) electrons. The van der Waals surface area contributed by atoms with E-state index in [-0.39, 0.29) is 40.7 Å². The molecule has 2 N–H and O–H groups in total. The predicted molar refractivity (Wildman–Crippen MR) is 132 cm³/mol. The number of anilines is 1. The van der Waals surface area contributed by atoms with Crippen LogP contribution >= 0.6 is 0 Å². The summed E-state index contributed by atoms with van der Waals surface area (Å²) in [5.41, 5.74) is 1.24. The zero-order valence-corrected chi connectivity index (χ0v) is 19.6. The number of hydrogen-bond acceptors (Lipinski definition) is 5. The number of nitrogens with one attached hydrogen (secondary N) is 2. The van der Waals surface area contributed by atoms with Crippen molar-refractivity contribution in [3.05, 3.63) is 74.4 Å². The maximum Gasteiger partial charge on any atom is 0.352 e. The zero-order chi connectivity index (χ0) is 24.7. The molecule has 0 saturated heterocycles. The normalized spacial score (nSPS) is 14.0. The molecule has 2 amide bonds. The fourth-order valence-electron chi connectivity index (χ4n) is 4.62. The number of para-hydroxylation sites is 1. The molecule has 5 rings (SSSR count). The summed E-state index contributed by atoms with van der Waals surface area (Å²) in [6, 6.07) is 12.1. The van der Waals surface area contributed by atoms with Crippen LogP contribution in [0.3, 0.4) is 0 Å². The van der Waals surface area contributed by atoms with Gasteiger partial charge in [0.2, 0.25) is 11.7 Å². The summed E-state index contributed by atoms with van der Waals surface area (Å²) in [5, 5.41) is 10.3. The number of fused-ring (bicyclic) bond motifs is 3. The minimum absolute atomic E-state index is 0.0875. The van der Waals surface area contributed by atoms with Gasteiger partial charge < -0.3 is 10.6 Å².